The Hall–Kier alpha value is -3.73. The third-order valence-corrected chi connectivity index (χ3v) is 4.62. The smallest absolute Gasteiger partial charge is 0.255 e. The summed E-state index contributed by atoms with van der Waals surface area (Å²) >= 11 is 0. The van der Waals surface area contributed by atoms with Gasteiger partial charge in [0.1, 0.15) is 11.5 Å². The molecule has 5 nitrogen and oxygen atoms in total. The quantitative estimate of drug-likeness (QED) is 0.512. The maximum absolute atomic E-state index is 12.7. The third-order valence-electron chi connectivity index (χ3n) is 4.62. The molecule has 4 aromatic rings. The molecule has 0 bridgehead atoms. The lowest BCUT2D eigenvalue weighted by molar-refractivity contribution is 0.102. The zero-order valence-electron chi connectivity index (χ0n) is 15.7. The highest BCUT2D eigenvalue weighted by Gasteiger charge is 2.11. The lowest BCUT2D eigenvalue weighted by Gasteiger charge is -2.10. The van der Waals surface area contributed by atoms with Gasteiger partial charge in [0, 0.05) is 29.0 Å². The van der Waals surface area contributed by atoms with E-state index in [-0.39, 0.29) is 5.91 Å². The SMILES string of the molecule is COc1cc(OC)cc(C(=O)Nc2cccc(-c3ccc4[nH]ccc4c3)c2)c1. The average Bonchev–Trinajstić information content (AvgIpc) is 3.21. The molecule has 0 saturated carbocycles. The molecule has 0 radical (unpaired) electrons. The second-order valence-corrected chi connectivity index (χ2v) is 6.42. The number of methoxy groups -OCH3 is 2. The predicted octanol–water partition coefficient (Wildman–Crippen LogP) is 5.10. The number of hydrogen-bond donors (Lipinski definition) is 2. The van der Waals surface area contributed by atoms with Crippen molar-refractivity contribution in [1.29, 1.82) is 0 Å². The summed E-state index contributed by atoms with van der Waals surface area (Å²) in [5.41, 5.74) is 4.41. The molecule has 1 amide bonds. The molecule has 1 heterocycles. The highest BCUT2D eigenvalue weighted by molar-refractivity contribution is 6.05. The van der Waals surface area contributed by atoms with Crippen LogP contribution >= 0.6 is 0 Å². The minimum Gasteiger partial charge on any atom is -0.497 e. The number of anilines is 1. The van der Waals surface area contributed by atoms with E-state index < -0.39 is 0 Å². The van der Waals surface area contributed by atoms with Gasteiger partial charge in [0.15, 0.2) is 0 Å². The molecule has 0 saturated heterocycles. The summed E-state index contributed by atoms with van der Waals surface area (Å²) < 4.78 is 10.5. The molecule has 5 heteroatoms. The number of amides is 1. The molecular formula is C23H20N2O3. The van der Waals surface area contributed by atoms with Crippen LogP contribution in [0.25, 0.3) is 22.0 Å². The lowest BCUT2D eigenvalue weighted by Crippen LogP contribution is -2.12. The van der Waals surface area contributed by atoms with E-state index in [1.165, 1.54) is 0 Å². The molecule has 0 aliphatic heterocycles. The van der Waals surface area contributed by atoms with Crippen molar-refractivity contribution in [3.8, 4) is 22.6 Å². The zero-order chi connectivity index (χ0) is 19.5. The number of aromatic amines is 1. The second kappa shape index (κ2) is 7.48. The maximum Gasteiger partial charge on any atom is 0.255 e. The predicted molar refractivity (Wildman–Crippen MR) is 111 cm³/mol. The Kier molecular flexibility index (Phi) is 4.72. The molecule has 0 atom stereocenters. The van der Waals surface area contributed by atoms with Gasteiger partial charge >= 0.3 is 0 Å². The number of carbonyl (C=O) groups is 1. The minimum atomic E-state index is -0.226. The highest BCUT2D eigenvalue weighted by atomic mass is 16.5. The van der Waals surface area contributed by atoms with Crippen LogP contribution in [0.3, 0.4) is 0 Å². The Balaban J connectivity index is 1.60. The Morgan fingerprint density at radius 1 is 0.857 bits per heavy atom. The van der Waals surface area contributed by atoms with Crippen molar-refractivity contribution < 1.29 is 14.3 Å². The number of hydrogen-bond acceptors (Lipinski definition) is 3. The molecule has 4 rings (SSSR count). The van der Waals surface area contributed by atoms with Gasteiger partial charge in [0.2, 0.25) is 0 Å². The van der Waals surface area contributed by atoms with Gasteiger partial charge in [-0.1, -0.05) is 18.2 Å². The molecular weight excluding hydrogens is 352 g/mol. The van der Waals surface area contributed by atoms with E-state index in [1.54, 1.807) is 32.4 Å². The summed E-state index contributed by atoms with van der Waals surface area (Å²) in [7, 11) is 3.11. The van der Waals surface area contributed by atoms with Crippen molar-refractivity contribution in [3.63, 3.8) is 0 Å². The third kappa shape index (κ3) is 3.55. The number of carbonyl (C=O) groups excluding carboxylic acids is 1. The molecule has 3 aromatic carbocycles. The molecule has 0 aliphatic carbocycles. The number of aromatic nitrogens is 1. The first-order valence-electron chi connectivity index (χ1n) is 8.88. The van der Waals surface area contributed by atoms with Crippen LogP contribution in [-0.2, 0) is 0 Å². The number of H-pyrrole nitrogens is 1. The van der Waals surface area contributed by atoms with E-state index in [1.807, 2.05) is 36.5 Å². The van der Waals surface area contributed by atoms with Crippen molar-refractivity contribution in [2.75, 3.05) is 19.5 Å². The fraction of sp³-hybridized carbons (Fsp3) is 0.0870. The second-order valence-electron chi connectivity index (χ2n) is 6.42. The van der Waals surface area contributed by atoms with Gasteiger partial charge in [-0.25, -0.2) is 0 Å². The summed E-state index contributed by atoms with van der Waals surface area (Å²) in [6.45, 7) is 0. The van der Waals surface area contributed by atoms with Crippen LogP contribution in [0.2, 0.25) is 0 Å². The van der Waals surface area contributed by atoms with Gasteiger partial charge in [-0.05, 0) is 59.0 Å². The summed E-state index contributed by atoms with van der Waals surface area (Å²) in [6, 6.07) is 21.2. The van der Waals surface area contributed by atoms with Crippen LogP contribution in [0.15, 0.2) is 72.9 Å². The van der Waals surface area contributed by atoms with Gasteiger partial charge in [-0.2, -0.15) is 0 Å². The van der Waals surface area contributed by atoms with E-state index in [2.05, 4.69) is 28.5 Å². The summed E-state index contributed by atoms with van der Waals surface area (Å²) in [6.07, 6.45) is 1.92. The largest absolute Gasteiger partial charge is 0.497 e. The standard InChI is InChI=1S/C23H20N2O3/c1-27-20-12-18(13-21(14-20)28-2)23(26)25-19-5-3-4-15(11-19)16-6-7-22-17(10-16)8-9-24-22/h3-14,24H,1-2H3,(H,25,26). The van der Waals surface area contributed by atoms with Crippen molar-refractivity contribution in [1.82, 2.24) is 4.98 Å². The molecule has 0 aliphatic rings. The molecule has 0 unspecified atom stereocenters. The Bertz CT molecular complexity index is 1130. The van der Waals surface area contributed by atoms with Gasteiger partial charge in [0.05, 0.1) is 14.2 Å². The Labute approximate surface area is 162 Å². The number of ether oxygens (including phenoxy) is 2. The van der Waals surface area contributed by atoms with Crippen LogP contribution in [0.4, 0.5) is 5.69 Å². The molecule has 2 N–H and O–H groups in total. The summed E-state index contributed by atoms with van der Waals surface area (Å²) in [5, 5.41) is 4.10. The molecule has 140 valence electrons. The topological polar surface area (TPSA) is 63.4 Å². The number of nitrogens with one attached hydrogen (secondary N) is 2. The van der Waals surface area contributed by atoms with E-state index >= 15 is 0 Å². The first kappa shape index (κ1) is 17.7. The molecule has 1 aromatic heterocycles. The maximum atomic E-state index is 12.7. The van der Waals surface area contributed by atoms with Crippen molar-refractivity contribution in [2.45, 2.75) is 0 Å². The van der Waals surface area contributed by atoms with Gasteiger partial charge in [0.25, 0.3) is 5.91 Å². The summed E-state index contributed by atoms with van der Waals surface area (Å²) in [5.74, 6) is 0.909. The van der Waals surface area contributed by atoms with Crippen LogP contribution in [0.5, 0.6) is 11.5 Å². The number of rotatable bonds is 5. The van der Waals surface area contributed by atoms with E-state index in [4.69, 9.17) is 9.47 Å². The van der Waals surface area contributed by atoms with Gasteiger partial charge < -0.3 is 19.8 Å². The van der Waals surface area contributed by atoms with Crippen LogP contribution in [0, 0.1) is 0 Å². The highest BCUT2D eigenvalue weighted by Crippen LogP contribution is 2.27. The van der Waals surface area contributed by atoms with Crippen LogP contribution < -0.4 is 14.8 Å². The fourth-order valence-electron chi connectivity index (χ4n) is 3.15. The van der Waals surface area contributed by atoms with Crippen molar-refractivity contribution in [2.24, 2.45) is 0 Å². The van der Waals surface area contributed by atoms with Crippen LogP contribution in [-0.4, -0.2) is 25.1 Å². The zero-order valence-corrected chi connectivity index (χ0v) is 15.7. The number of fused-ring (bicyclic) bond motifs is 1. The van der Waals surface area contributed by atoms with Crippen molar-refractivity contribution in [3.05, 3.63) is 78.5 Å². The molecule has 28 heavy (non-hydrogen) atoms. The van der Waals surface area contributed by atoms with Gasteiger partial charge in [-0.3, -0.25) is 4.79 Å². The lowest BCUT2D eigenvalue weighted by atomic mass is 10.0. The van der Waals surface area contributed by atoms with E-state index in [0.29, 0.717) is 17.1 Å². The normalized spacial score (nSPS) is 10.6. The molecule has 0 fully saturated rings. The monoisotopic (exact) mass is 372 g/mol. The Morgan fingerprint density at radius 3 is 2.36 bits per heavy atom. The average molecular weight is 372 g/mol. The van der Waals surface area contributed by atoms with E-state index in [0.717, 1.165) is 27.7 Å². The first-order chi connectivity index (χ1) is 13.7. The van der Waals surface area contributed by atoms with Crippen molar-refractivity contribution >= 4 is 22.5 Å². The van der Waals surface area contributed by atoms with Gasteiger partial charge in [-0.15, -0.1) is 0 Å². The minimum absolute atomic E-state index is 0.226. The fourth-order valence-corrected chi connectivity index (χ4v) is 3.15. The molecule has 0 spiro atoms. The Morgan fingerprint density at radius 2 is 1.61 bits per heavy atom. The van der Waals surface area contributed by atoms with Crippen LogP contribution in [0.1, 0.15) is 10.4 Å². The number of benzene rings is 3. The summed E-state index contributed by atoms with van der Waals surface area (Å²) in [4.78, 5) is 15.9. The first-order valence-corrected chi connectivity index (χ1v) is 8.88. The van der Waals surface area contributed by atoms with E-state index in [9.17, 15) is 4.79 Å².